The van der Waals surface area contributed by atoms with E-state index < -0.39 is 24.3 Å². The maximum atomic E-state index is 12.9. The smallest absolute Gasteiger partial charge is 0.226 e. The molecule has 4 saturated carbocycles. The van der Waals surface area contributed by atoms with E-state index in [1.807, 2.05) is 0 Å². The van der Waals surface area contributed by atoms with Crippen LogP contribution in [0, 0.1) is 23.2 Å². The average molecular weight is 324 g/mol. The van der Waals surface area contributed by atoms with Crippen molar-refractivity contribution in [3.05, 3.63) is 0 Å². The Labute approximate surface area is 136 Å². The number of rotatable bonds is 4. The minimum Gasteiger partial charge on any atom is -0.395 e. The molecule has 5 N–H and O–H groups in total. The molecule has 5 aliphatic rings. The number of nitrogens with one attached hydrogen (secondary N) is 2. The summed E-state index contributed by atoms with van der Waals surface area (Å²) in [6, 6.07) is -0.925. The molecule has 23 heavy (non-hydrogen) atoms. The Morgan fingerprint density at radius 2 is 1.52 bits per heavy atom. The first kappa shape index (κ1) is 15.8. The molecule has 1 aliphatic heterocycles. The SMILES string of the molecule is O=C(NC[C@@H]1N[C@H](CO)[C@H](O)[C@@H]1O)C12CC3CC(CC(C3)C1)C2. The molecular formula is C17H28N2O4. The first-order valence-electron chi connectivity index (χ1n) is 9.02. The third-order valence-corrected chi connectivity index (χ3v) is 6.80. The van der Waals surface area contributed by atoms with Gasteiger partial charge in [-0.15, -0.1) is 0 Å². The van der Waals surface area contributed by atoms with Crippen LogP contribution in [0.3, 0.4) is 0 Å². The van der Waals surface area contributed by atoms with Crippen molar-refractivity contribution in [2.75, 3.05) is 13.2 Å². The van der Waals surface area contributed by atoms with Gasteiger partial charge in [-0.3, -0.25) is 4.79 Å². The minimum atomic E-state index is -0.985. The van der Waals surface area contributed by atoms with Gasteiger partial charge >= 0.3 is 0 Å². The summed E-state index contributed by atoms with van der Waals surface area (Å²) in [5.74, 6) is 2.31. The van der Waals surface area contributed by atoms with Crippen molar-refractivity contribution in [1.29, 1.82) is 0 Å². The van der Waals surface area contributed by atoms with Crippen LogP contribution < -0.4 is 10.6 Å². The van der Waals surface area contributed by atoms with Crippen molar-refractivity contribution in [3.63, 3.8) is 0 Å². The second-order valence-electron chi connectivity index (χ2n) is 8.45. The molecule has 0 spiro atoms. The maximum Gasteiger partial charge on any atom is 0.226 e. The Kier molecular flexibility index (Phi) is 3.91. The number of aliphatic hydroxyl groups is 3. The van der Waals surface area contributed by atoms with E-state index in [0.717, 1.165) is 37.0 Å². The molecule has 0 aromatic rings. The van der Waals surface area contributed by atoms with Crippen LogP contribution in [0.4, 0.5) is 0 Å². The van der Waals surface area contributed by atoms with E-state index in [9.17, 15) is 20.1 Å². The van der Waals surface area contributed by atoms with Gasteiger partial charge in [0.25, 0.3) is 0 Å². The topological polar surface area (TPSA) is 102 Å². The van der Waals surface area contributed by atoms with Crippen molar-refractivity contribution in [3.8, 4) is 0 Å². The molecule has 5 rings (SSSR count). The molecule has 5 fully saturated rings. The number of aliphatic hydroxyl groups excluding tert-OH is 3. The molecule has 1 saturated heterocycles. The van der Waals surface area contributed by atoms with E-state index in [4.69, 9.17) is 0 Å². The lowest BCUT2D eigenvalue weighted by atomic mass is 9.49. The van der Waals surface area contributed by atoms with Crippen molar-refractivity contribution in [2.45, 2.75) is 62.8 Å². The van der Waals surface area contributed by atoms with Crippen LogP contribution in [-0.2, 0) is 4.79 Å². The largest absolute Gasteiger partial charge is 0.395 e. The molecule has 0 unspecified atom stereocenters. The first-order chi connectivity index (χ1) is 11.0. The van der Waals surface area contributed by atoms with Crippen molar-refractivity contribution in [1.82, 2.24) is 10.6 Å². The summed E-state index contributed by atoms with van der Waals surface area (Å²) in [5, 5.41) is 35.1. The molecule has 1 heterocycles. The zero-order chi connectivity index (χ0) is 16.2. The highest BCUT2D eigenvalue weighted by atomic mass is 16.3. The van der Waals surface area contributed by atoms with Gasteiger partial charge in [0.2, 0.25) is 5.91 Å². The molecule has 0 aromatic carbocycles. The normalized spacial score (nSPS) is 51.2. The van der Waals surface area contributed by atoms with E-state index in [1.165, 1.54) is 19.3 Å². The fourth-order valence-electron chi connectivity index (χ4n) is 6.07. The van der Waals surface area contributed by atoms with Crippen LogP contribution >= 0.6 is 0 Å². The Balaban J connectivity index is 1.37. The first-order valence-corrected chi connectivity index (χ1v) is 9.02. The average Bonchev–Trinajstić information content (AvgIpc) is 2.79. The summed E-state index contributed by atoms with van der Waals surface area (Å²) in [6.07, 6.45) is 5.04. The van der Waals surface area contributed by atoms with Gasteiger partial charge in [-0.05, 0) is 56.3 Å². The molecule has 130 valence electrons. The molecule has 1 amide bonds. The van der Waals surface area contributed by atoms with Crippen LogP contribution in [0.15, 0.2) is 0 Å². The van der Waals surface area contributed by atoms with E-state index >= 15 is 0 Å². The molecule has 6 heteroatoms. The van der Waals surface area contributed by atoms with Gasteiger partial charge in [0.15, 0.2) is 0 Å². The molecule has 6 nitrogen and oxygen atoms in total. The third-order valence-electron chi connectivity index (χ3n) is 6.80. The summed E-state index contributed by atoms with van der Waals surface area (Å²) < 4.78 is 0. The lowest BCUT2D eigenvalue weighted by Crippen LogP contribution is -2.55. The highest BCUT2D eigenvalue weighted by Crippen LogP contribution is 2.60. The van der Waals surface area contributed by atoms with Gasteiger partial charge in [0.05, 0.1) is 30.9 Å². The highest BCUT2D eigenvalue weighted by molar-refractivity contribution is 5.83. The van der Waals surface area contributed by atoms with Crippen LogP contribution in [0.1, 0.15) is 38.5 Å². The quantitative estimate of drug-likeness (QED) is 0.474. The van der Waals surface area contributed by atoms with Crippen molar-refractivity contribution >= 4 is 5.91 Å². The summed E-state index contributed by atoms with van der Waals surface area (Å²) in [6.45, 7) is 0.0763. The Hall–Kier alpha value is -0.690. The summed E-state index contributed by atoms with van der Waals surface area (Å²) >= 11 is 0. The number of hydrogen-bond donors (Lipinski definition) is 5. The molecule has 0 radical (unpaired) electrons. The number of carbonyl (C=O) groups is 1. The van der Waals surface area contributed by atoms with Crippen LogP contribution in [-0.4, -0.2) is 58.7 Å². The van der Waals surface area contributed by atoms with E-state index in [2.05, 4.69) is 10.6 Å². The van der Waals surface area contributed by atoms with Gasteiger partial charge in [0, 0.05) is 12.0 Å². The molecular weight excluding hydrogens is 296 g/mol. The fraction of sp³-hybridized carbons (Fsp3) is 0.941. The van der Waals surface area contributed by atoms with Crippen LogP contribution in [0.2, 0.25) is 0 Å². The number of amides is 1. The lowest BCUT2D eigenvalue weighted by molar-refractivity contribution is -0.146. The van der Waals surface area contributed by atoms with Crippen LogP contribution in [0.25, 0.3) is 0 Å². The zero-order valence-corrected chi connectivity index (χ0v) is 13.4. The minimum absolute atomic E-state index is 0.132. The van der Waals surface area contributed by atoms with Crippen molar-refractivity contribution in [2.24, 2.45) is 23.2 Å². The van der Waals surface area contributed by atoms with E-state index in [0.29, 0.717) is 6.54 Å². The Morgan fingerprint density at radius 1 is 1.00 bits per heavy atom. The van der Waals surface area contributed by atoms with Gasteiger partial charge in [0.1, 0.15) is 0 Å². The van der Waals surface area contributed by atoms with E-state index in [-0.39, 0.29) is 17.9 Å². The maximum absolute atomic E-state index is 12.9. The predicted octanol–water partition coefficient (Wildman–Crippen LogP) is -0.626. The van der Waals surface area contributed by atoms with Gasteiger partial charge < -0.3 is 26.0 Å². The second kappa shape index (κ2) is 5.69. The van der Waals surface area contributed by atoms with Gasteiger partial charge in [-0.25, -0.2) is 0 Å². The van der Waals surface area contributed by atoms with Crippen LogP contribution in [0.5, 0.6) is 0 Å². The molecule has 0 aromatic heterocycles. The summed E-state index contributed by atoms with van der Waals surface area (Å²) in [7, 11) is 0. The second-order valence-corrected chi connectivity index (χ2v) is 8.45. The highest BCUT2D eigenvalue weighted by Gasteiger charge is 2.54. The molecule has 4 aliphatic carbocycles. The number of hydrogen-bond acceptors (Lipinski definition) is 5. The monoisotopic (exact) mass is 324 g/mol. The standard InChI is InChI=1S/C17H28N2O4/c20-8-13-15(22)14(21)12(19-13)7-18-16(23)17-4-9-1-10(5-17)3-11(2-9)6-17/h9-15,19-22H,1-8H2,(H,18,23)/t9?,10?,11?,12-,13+,14+,15-,17?/m0/s1. The number of carbonyl (C=O) groups excluding carboxylic acids is 1. The summed E-state index contributed by atoms with van der Waals surface area (Å²) in [4.78, 5) is 12.9. The van der Waals surface area contributed by atoms with Gasteiger partial charge in [-0.1, -0.05) is 0 Å². The lowest BCUT2D eigenvalue weighted by Gasteiger charge is -2.55. The van der Waals surface area contributed by atoms with E-state index in [1.54, 1.807) is 0 Å². The zero-order valence-electron chi connectivity index (χ0n) is 13.4. The Morgan fingerprint density at radius 3 is 2.00 bits per heavy atom. The molecule has 4 bridgehead atoms. The Bertz CT molecular complexity index is 448. The third kappa shape index (κ3) is 2.60. The predicted molar refractivity (Wildman–Crippen MR) is 83.4 cm³/mol. The van der Waals surface area contributed by atoms with Crippen molar-refractivity contribution < 1.29 is 20.1 Å². The fourth-order valence-corrected chi connectivity index (χ4v) is 6.07. The van der Waals surface area contributed by atoms with Gasteiger partial charge in [-0.2, -0.15) is 0 Å². The summed E-state index contributed by atoms with van der Waals surface area (Å²) in [5.41, 5.74) is -0.187. The molecule has 4 atom stereocenters.